The maximum absolute atomic E-state index is 12.3. The third-order valence-corrected chi connectivity index (χ3v) is 5.62. The zero-order chi connectivity index (χ0) is 13.6. The number of hydrogen-bond acceptors (Lipinski definition) is 3. The number of nitrogens with zero attached hydrogens (tertiary/aromatic N) is 2. The summed E-state index contributed by atoms with van der Waals surface area (Å²) in [5.74, 6) is 0.266. The van der Waals surface area contributed by atoms with Crippen LogP contribution in [0.15, 0.2) is 0 Å². The fraction of sp³-hybridized carbons (Fsp3) is 1.00. The first-order valence-corrected chi connectivity index (χ1v) is 8.24. The van der Waals surface area contributed by atoms with Crippen LogP contribution in [0, 0.1) is 5.92 Å². The minimum atomic E-state index is -3.29. The lowest BCUT2D eigenvalue weighted by Gasteiger charge is -2.33. The molecule has 0 atom stereocenters. The molecule has 0 radical (unpaired) electrons. The maximum Gasteiger partial charge on any atom is 0.281 e. The lowest BCUT2D eigenvalue weighted by Crippen LogP contribution is -2.46. The van der Waals surface area contributed by atoms with E-state index >= 15 is 0 Å². The molecule has 0 amide bonds. The summed E-state index contributed by atoms with van der Waals surface area (Å²) in [4.78, 5) is 0. The number of aliphatic hydroxyl groups is 1. The first-order chi connectivity index (χ1) is 8.52. The van der Waals surface area contributed by atoms with Crippen LogP contribution in [0.3, 0.4) is 0 Å². The van der Waals surface area contributed by atoms with Gasteiger partial charge in [0, 0.05) is 33.3 Å². The van der Waals surface area contributed by atoms with Gasteiger partial charge in [-0.25, -0.2) is 0 Å². The number of piperidine rings is 1. The highest BCUT2D eigenvalue weighted by Gasteiger charge is 2.30. The van der Waals surface area contributed by atoms with E-state index < -0.39 is 10.2 Å². The molecule has 5 nitrogen and oxygen atoms in total. The monoisotopic (exact) mass is 278 g/mol. The molecule has 1 saturated heterocycles. The highest BCUT2D eigenvalue weighted by molar-refractivity contribution is 7.86. The Hall–Kier alpha value is -0.170. The van der Waals surface area contributed by atoms with Crippen molar-refractivity contribution in [1.29, 1.82) is 0 Å². The summed E-state index contributed by atoms with van der Waals surface area (Å²) in [5.41, 5.74) is 0. The minimum absolute atomic E-state index is 0.167. The van der Waals surface area contributed by atoms with Crippen LogP contribution in [0.25, 0.3) is 0 Å². The predicted molar refractivity (Wildman–Crippen MR) is 72.5 cm³/mol. The second kappa shape index (κ2) is 7.43. The molecule has 1 rings (SSSR count). The van der Waals surface area contributed by atoms with Crippen molar-refractivity contribution >= 4 is 10.2 Å². The second-order valence-electron chi connectivity index (χ2n) is 5.06. The number of unbranched alkanes of at least 4 members (excludes halogenated alkanes) is 2. The van der Waals surface area contributed by atoms with E-state index in [0.717, 1.165) is 32.1 Å². The Kier molecular flexibility index (Phi) is 6.55. The van der Waals surface area contributed by atoms with Crippen LogP contribution in [0.1, 0.15) is 39.0 Å². The SMILES string of the molecule is CCCCCN(C)S(=O)(=O)N1CCC(CO)CC1. The van der Waals surface area contributed by atoms with Gasteiger partial charge in [-0.05, 0) is 25.2 Å². The molecule has 6 heteroatoms. The molecule has 0 aromatic rings. The maximum atomic E-state index is 12.3. The van der Waals surface area contributed by atoms with Crippen LogP contribution >= 0.6 is 0 Å². The summed E-state index contributed by atoms with van der Waals surface area (Å²) in [7, 11) is -1.63. The van der Waals surface area contributed by atoms with Gasteiger partial charge in [0.15, 0.2) is 0 Å². The molecule has 1 aliphatic heterocycles. The van der Waals surface area contributed by atoms with Gasteiger partial charge in [-0.2, -0.15) is 17.0 Å². The Morgan fingerprint density at radius 3 is 2.39 bits per heavy atom. The Labute approximate surface area is 111 Å². The van der Waals surface area contributed by atoms with E-state index in [2.05, 4.69) is 6.92 Å². The Balaban J connectivity index is 2.48. The van der Waals surface area contributed by atoms with Crippen LogP contribution < -0.4 is 0 Å². The first-order valence-electron chi connectivity index (χ1n) is 6.84. The molecule has 0 aromatic carbocycles. The molecular formula is C12H26N2O3S. The summed E-state index contributed by atoms with van der Waals surface area (Å²) in [6.45, 7) is 3.93. The lowest BCUT2D eigenvalue weighted by molar-refractivity contribution is 0.167. The van der Waals surface area contributed by atoms with Gasteiger partial charge in [0.05, 0.1) is 0 Å². The molecule has 0 unspecified atom stereocenters. The molecule has 0 spiro atoms. The molecular weight excluding hydrogens is 252 g/mol. The van der Waals surface area contributed by atoms with Crippen LogP contribution in [-0.2, 0) is 10.2 Å². The molecule has 0 saturated carbocycles. The number of hydrogen-bond donors (Lipinski definition) is 1. The third kappa shape index (κ3) is 4.19. The van der Waals surface area contributed by atoms with Gasteiger partial charge in [0.25, 0.3) is 10.2 Å². The van der Waals surface area contributed by atoms with E-state index in [-0.39, 0.29) is 12.5 Å². The van der Waals surface area contributed by atoms with Crippen molar-refractivity contribution in [2.75, 3.05) is 33.3 Å². The number of rotatable bonds is 7. The zero-order valence-corrected chi connectivity index (χ0v) is 12.3. The van der Waals surface area contributed by atoms with Crippen LogP contribution in [0.2, 0.25) is 0 Å². The van der Waals surface area contributed by atoms with Gasteiger partial charge < -0.3 is 5.11 Å². The van der Waals surface area contributed by atoms with Crippen molar-refractivity contribution in [2.24, 2.45) is 5.92 Å². The highest BCUT2D eigenvalue weighted by atomic mass is 32.2. The minimum Gasteiger partial charge on any atom is -0.396 e. The van der Waals surface area contributed by atoms with Crippen molar-refractivity contribution in [3.8, 4) is 0 Å². The Bertz CT molecular complexity index is 324. The summed E-state index contributed by atoms with van der Waals surface area (Å²) < 4.78 is 27.5. The Morgan fingerprint density at radius 1 is 1.28 bits per heavy atom. The summed E-state index contributed by atoms with van der Waals surface area (Å²) in [5, 5.41) is 9.05. The van der Waals surface area contributed by atoms with E-state index in [1.165, 1.54) is 4.31 Å². The van der Waals surface area contributed by atoms with Crippen LogP contribution in [0.4, 0.5) is 0 Å². The predicted octanol–water partition coefficient (Wildman–Crippen LogP) is 1.06. The van der Waals surface area contributed by atoms with E-state index in [1.54, 1.807) is 11.4 Å². The first kappa shape index (κ1) is 15.9. The van der Waals surface area contributed by atoms with E-state index in [9.17, 15) is 8.42 Å². The molecule has 1 fully saturated rings. The van der Waals surface area contributed by atoms with Crippen molar-refractivity contribution in [3.05, 3.63) is 0 Å². The topological polar surface area (TPSA) is 60.9 Å². The van der Waals surface area contributed by atoms with Gasteiger partial charge in [-0.1, -0.05) is 19.8 Å². The highest BCUT2D eigenvalue weighted by Crippen LogP contribution is 2.20. The molecule has 1 aliphatic rings. The van der Waals surface area contributed by atoms with Crippen LogP contribution in [0.5, 0.6) is 0 Å². The summed E-state index contributed by atoms with van der Waals surface area (Å²) in [6.07, 6.45) is 4.60. The molecule has 18 heavy (non-hydrogen) atoms. The van der Waals surface area contributed by atoms with Gasteiger partial charge in [-0.3, -0.25) is 0 Å². The van der Waals surface area contributed by atoms with Crippen molar-refractivity contribution in [1.82, 2.24) is 8.61 Å². The lowest BCUT2D eigenvalue weighted by atomic mass is 10.00. The van der Waals surface area contributed by atoms with E-state index in [0.29, 0.717) is 19.6 Å². The quantitative estimate of drug-likeness (QED) is 0.708. The smallest absolute Gasteiger partial charge is 0.281 e. The average Bonchev–Trinajstić information content (AvgIpc) is 2.39. The van der Waals surface area contributed by atoms with Gasteiger partial charge in [-0.15, -0.1) is 0 Å². The second-order valence-corrected chi connectivity index (χ2v) is 7.10. The molecule has 1 N–H and O–H groups in total. The fourth-order valence-corrected chi connectivity index (χ4v) is 3.65. The van der Waals surface area contributed by atoms with E-state index in [1.807, 2.05) is 0 Å². The van der Waals surface area contributed by atoms with Crippen LogP contribution in [-0.4, -0.2) is 55.4 Å². The van der Waals surface area contributed by atoms with Crippen molar-refractivity contribution in [3.63, 3.8) is 0 Å². The van der Waals surface area contributed by atoms with Gasteiger partial charge in [0.1, 0.15) is 0 Å². The zero-order valence-electron chi connectivity index (χ0n) is 11.5. The summed E-state index contributed by atoms with van der Waals surface area (Å²) >= 11 is 0. The average molecular weight is 278 g/mol. The molecule has 108 valence electrons. The normalized spacial score (nSPS) is 19.6. The Morgan fingerprint density at radius 2 is 1.89 bits per heavy atom. The fourth-order valence-electron chi connectivity index (χ4n) is 2.22. The standard InChI is InChI=1S/C12H26N2O3S/c1-3-4-5-8-13(2)18(16,17)14-9-6-12(11-15)7-10-14/h12,15H,3-11H2,1-2H3. The van der Waals surface area contributed by atoms with Crippen molar-refractivity contribution < 1.29 is 13.5 Å². The molecule has 0 bridgehead atoms. The molecule has 0 aromatic heterocycles. The van der Waals surface area contributed by atoms with Gasteiger partial charge >= 0.3 is 0 Å². The van der Waals surface area contributed by atoms with E-state index in [4.69, 9.17) is 5.11 Å². The number of aliphatic hydroxyl groups excluding tert-OH is 1. The summed E-state index contributed by atoms with van der Waals surface area (Å²) in [6, 6.07) is 0. The van der Waals surface area contributed by atoms with Crippen molar-refractivity contribution in [2.45, 2.75) is 39.0 Å². The molecule has 0 aliphatic carbocycles. The van der Waals surface area contributed by atoms with Gasteiger partial charge in [0.2, 0.25) is 0 Å². The third-order valence-electron chi connectivity index (χ3n) is 3.63. The largest absolute Gasteiger partial charge is 0.396 e. The molecule has 1 heterocycles.